The second-order valence-corrected chi connectivity index (χ2v) is 9.36. The van der Waals surface area contributed by atoms with Gasteiger partial charge in [0.2, 0.25) is 10.0 Å². The first-order valence-electron chi connectivity index (χ1n) is 8.75. The van der Waals surface area contributed by atoms with Gasteiger partial charge in [0, 0.05) is 36.3 Å². The van der Waals surface area contributed by atoms with Gasteiger partial charge in [-0.25, -0.2) is 8.42 Å². The number of fused-ring (bicyclic) bond motifs is 1. The Morgan fingerprint density at radius 3 is 2.58 bits per heavy atom. The van der Waals surface area contributed by atoms with E-state index in [1.54, 1.807) is 6.07 Å². The minimum absolute atomic E-state index is 0.390. The lowest BCUT2D eigenvalue weighted by atomic mass is 10.1. The summed E-state index contributed by atoms with van der Waals surface area (Å²) in [6.45, 7) is 3.48. The monoisotopic (exact) mass is 436 g/mol. The number of nitrogens with zero attached hydrogens (tertiary/aromatic N) is 2. The molecule has 0 spiro atoms. The van der Waals surface area contributed by atoms with E-state index >= 15 is 0 Å². The summed E-state index contributed by atoms with van der Waals surface area (Å²) in [4.78, 5) is 2.70. The van der Waals surface area contributed by atoms with Crippen LogP contribution in [0.4, 0.5) is 5.69 Å². The Labute approximate surface area is 162 Å². The molecule has 0 saturated carbocycles. The standard InChI is InChI=1S/C19H21BrN2O3S/c20-18-4-2-1-3-16(18)14-21-8-7-15-13-17(5-6-19(15)21)26(23,24)22-9-11-25-12-10-22/h1-6,13H,7-12,14H2. The number of sulfonamides is 1. The maximum Gasteiger partial charge on any atom is 0.243 e. The van der Waals surface area contributed by atoms with Crippen molar-refractivity contribution in [3.05, 3.63) is 58.1 Å². The molecule has 0 atom stereocenters. The van der Waals surface area contributed by atoms with Crippen LogP contribution in [-0.2, 0) is 27.7 Å². The molecule has 2 aromatic rings. The summed E-state index contributed by atoms with van der Waals surface area (Å²) in [5, 5.41) is 0. The summed E-state index contributed by atoms with van der Waals surface area (Å²) in [7, 11) is -3.44. The van der Waals surface area contributed by atoms with Gasteiger partial charge in [-0.05, 0) is 41.8 Å². The van der Waals surface area contributed by atoms with Crippen LogP contribution in [0.2, 0.25) is 0 Å². The molecule has 0 amide bonds. The average molecular weight is 437 g/mol. The van der Waals surface area contributed by atoms with Gasteiger partial charge in [-0.2, -0.15) is 4.31 Å². The largest absolute Gasteiger partial charge is 0.379 e. The lowest BCUT2D eigenvalue weighted by Gasteiger charge is -2.26. The minimum Gasteiger partial charge on any atom is -0.379 e. The predicted octanol–water partition coefficient (Wildman–Crippen LogP) is 3.03. The first-order valence-corrected chi connectivity index (χ1v) is 11.0. The molecule has 26 heavy (non-hydrogen) atoms. The Morgan fingerprint density at radius 2 is 1.81 bits per heavy atom. The number of ether oxygens (including phenoxy) is 1. The van der Waals surface area contributed by atoms with E-state index in [0.29, 0.717) is 31.2 Å². The molecule has 138 valence electrons. The third kappa shape index (κ3) is 3.41. The molecule has 2 aromatic carbocycles. The van der Waals surface area contributed by atoms with Crippen molar-refractivity contribution in [2.24, 2.45) is 0 Å². The number of hydrogen-bond donors (Lipinski definition) is 0. The Hall–Kier alpha value is -1.41. The van der Waals surface area contributed by atoms with Crippen LogP contribution in [0, 0.1) is 0 Å². The van der Waals surface area contributed by atoms with Gasteiger partial charge in [0.25, 0.3) is 0 Å². The molecule has 2 heterocycles. The van der Waals surface area contributed by atoms with Gasteiger partial charge in [-0.15, -0.1) is 0 Å². The van der Waals surface area contributed by atoms with Crippen LogP contribution in [0.3, 0.4) is 0 Å². The van der Waals surface area contributed by atoms with Crippen LogP contribution >= 0.6 is 15.9 Å². The van der Waals surface area contributed by atoms with Crippen molar-refractivity contribution in [3.8, 4) is 0 Å². The van der Waals surface area contributed by atoms with Crippen LogP contribution in [0.1, 0.15) is 11.1 Å². The SMILES string of the molecule is O=S(=O)(c1ccc2c(c1)CCN2Cc1ccccc1Br)N1CCOCC1. The van der Waals surface area contributed by atoms with Crippen molar-refractivity contribution in [1.82, 2.24) is 4.31 Å². The van der Waals surface area contributed by atoms with Crippen LogP contribution in [-0.4, -0.2) is 45.6 Å². The summed E-state index contributed by atoms with van der Waals surface area (Å²) in [6, 6.07) is 13.7. The minimum atomic E-state index is -3.44. The lowest BCUT2D eigenvalue weighted by molar-refractivity contribution is 0.0730. The van der Waals surface area contributed by atoms with Crippen molar-refractivity contribution in [2.45, 2.75) is 17.9 Å². The second-order valence-electron chi connectivity index (χ2n) is 6.57. The number of benzene rings is 2. The van der Waals surface area contributed by atoms with E-state index in [9.17, 15) is 8.42 Å². The van der Waals surface area contributed by atoms with E-state index in [2.05, 4.69) is 26.9 Å². The molecule has 2 aliphatic heterocycles. The first-order chi connectivity index (χ1) is 12.6. The molecule has 0 N–H and O–H groups in total. The molecule has 0 bridgehead atoms. The topological polar surface area (TPSA) is 49.9 Å². The van der Waals surface area contributed by atoms with E-state index in [1.165, 1.54) is 9.87 Å². The predicted molar refractivity (Wildman–Crippen MR) is 105 cm³/mol. The highest BCUT2D eigenvalue weighted by atomic mass is 79.9. The zero-order chi connectivity index (χ0) is 18.1. The Balaban J connectivity index is 1.58. The van der Waals surface area contributed by atoms with Crippen LogP contribution in [0.5, 0.6) is 0 Å². The second kappa shape index (κ2) is 7.31. The molecule has 0 unspecified atom stereocenters. The van der Waals surface area contributed by atoms with Crippen LogP contribution < -0.4 is 4.90 Å². The normalized spacial score (nSPS) is 18.1. The Kier molecular flexibility index (Phi) is 5.05. The summed E-state index contributed by atoms with van der Waals surface area (Å²) < 4.78 is 33.6. The molecule has 0 aromatic heterocycles. The van der Waals surface area contributed by atoms with E-state index in [1.807, 2.05) is 30.3 Å². The quantitative estimate of drug-likeness (QED) is 0.738. The molecule has 7 heteroatoms. The molecule has 0 radical (unpaired) electrons. The van der Waals surface area contributed by atoms with Crippen molar-refractivity contribution >= 4 is 31.6 Å². The fraction of sp³-hybridized carbons (Fsp3) is 0.368. The van der Waals surface area contributed by atoms with Crippen molar-refractivity contribution in [1.29, 1.82) is 0 Å². The van der Waals surface area contributed by atoms with E-state index in [-0.39, 0.29) is 0 Å². The summed E-state index contributed by atoms with van der Waals surface area (Å²) in [5.41, 5.74) is 3.46. The molecule has 4 rings (SSSR count). The fourth-order valence-corrected chi connectivity index (χ4v) is 5.41. The highest BCUT2D eigenvalue weighted by molar-refractivity contribution is 9.10. The zero-order valence-corrected chi connectivity index (χ0v) is 16.8. The van der Waals surface area contributed by atoms with Crippen molar-refractivity contribution < 1.29 is 13.2 Å². The van der Waals surface area contributed by atoms with Gasteiger partial charge in [0.05, 0.1) is 18.1 Å². The van der Waals surface area contributed by atoms with Crippen molar-refractivity contribution in [3.63, 3.8) is 0 Å². The molecular weight excluding hydrogens is 416 g/mol. The fourth-order valence-electron chi connectivity index (χ4n) is 3.54. The van der Waals surface area contributed by atoms with Gasteiger partial charge < -0.3 is 9.64 Å². The summed E-state index contributed by atoms with van der Waals surface area (Å²) >= 11 is 3.60. The molecule has 1 saturated heterocycles. The van der Waals surface area contributed by atoms with E-state index in [0.717, 1.165) is 35.2 Å². The van der Waals surface area contributed by atoms with Gasteiger partial charge in [-0.3, -0.25) is 0 Å². The molecule has 1 fully saturated rings. The smallest absolute Gasteiger partial charge is 0.243 e. The van der Waals surface area contributed by atoms with E-state index < -0.39 is 10.0 Å². The van der Waals surface area contributed by atoms with E-state index in [4.69, 9.17) is 4.74 Å². The van der Waals surface area contributed by atoms with Gasteiger partial charge in [0.1, 0.15) is 0 Å². The number of anilines is 1. The number of morpholine rings is 1. The maximum absolute atomic E-state index is 12.9. The molecule has 0 aliphatic carbocycles. The zero-order valence-electron chi connectivity index (χ0n) is 14.4. The lowest BCUT2D eigenvalue weighted by Crippen LogP contribution is -2.40. The highest BCUT2D eigenvalue weighted by Crippen LogP contribution is 2.33. The van der Waals surface area contributed by atoms with Crippen LogP contribution in [0.25, 0.3) is 0 Å². The van der Waals surface area contributed by atoms with Crippen LogP contribution in [0.15, 0.2) is 51.8 Å². The molecular formula is C19H21BrN2O3S. The van der Waals surface area contributed by atoms with Gasteiger partial charge in [0.15, 0.2) is 0 Å². The van der Waals surface area contributed by atoms with Gasteiger partial charge in [-0.1, -0.05) is 34.1 Å². The molecule has 5 nitrogen and oxygen atoms in total. The number of hydrogen-bond acceptors (Lipinski definition) is 4. The Morgan fingerprint density at radius 1 is 1.04 bits per heavy atom. The third-order valence-electron chi connectivity index (χ3n) is 4.97. The van der Waals surface area contributed by atoms with Crippen molar-refractivity contribution in [2.75, 3.05) is 37.7 Å². The first kappa shape index (κ1) is 18.0. The average Bonchev–Trinajstić information content (AvgIpc) is 3.06. The summed E-state index contributed by atoms with van der Waals surface area (Å²) in [5.74, 6) is 0. The highest BCUT2D eigenvalue weighted by Gasteiger charge is 2.28. The number of halogens is 1. The maximum atomic E-state index is 12.9. The Bertz CT molecular complexity index is 911. The molecule has 2 aliphatic rings. The number of rotatable bonds is 4. The third-order valence-corrected chi connectivity index (χ3v) is 7.64. The van der Waals surface area contributed by atoms with Gasteiger partial charge >= 0.3 is 0 Å². The summed E-state index contributed by atoms with van der Waals surface area (Å²) in [6.07, 6.45) is 0.867.